The molecule has 0 saturated heterocycles. The number of fused-ring (bicyclic) bond motifs is 2. The van der Waals surface area contributed by atoms with Crippen LogP contribution < -0.4 is 10.2 Å². The molecule has 1 N–H and O–H groups in total. The van der Waals surface area contributed by atoms with E-state index in [-0.39, 0.29) is 12.5 Å². The van der Waals surface area contributed by atoms with E-state index in [4.69, 9.17) is 0 Å². The number of pyridine rings is 1. The number of nitrogens with one attached hydrogen (secondary N) is 1. The van der Waals surface area contributed by atoms with Crippen LogP contribution in [0.5, 0.6) is 0 Å². The molecule has 0 saturated carbocycles. The van der Waals surface area contributed by atoms with Crippen LogP contribution in [0, 0.1) is 41.4 Å². The van der Waals surface area contributed by atoms with Gasteiger partial charge in [-0.15, -0.1) is 5.92 Å². The molecule has 2 aromatic carbocycles. The zero-order chi connectivity index (χ0) is 22.7. The van der Waals surface area contributed by atoms with E-state index < -0.39 is 0 Å². The van der Waals surface area contributed by atoms with Crippen molar-refractivity contribution >= 4 is 34.9 Å². The number of aromatic nitrogens is 1. The Hall–Kier alpha value is -4.25. The topological polar surface area (TPSA) is 92.8 Å². The van der Waals surface area contributed by atoms with Gasteiger partial charge in [0.1, 0.15) is 5.82 Å². The van der Waals surface area contributed by atoms with Crippen LogP contribution in [0.4, 0.5) is 17.2 Å². The molecule has 1 aliphatic rings. The first-order valence-corrected chi connectivity index (χ1v) is 10.6. The maximum absolute atomic E-state index is 13.3. The molecular weight excluding hydrogens is 418 g/mol. The minimum absolute atomic E-state index is 0.154. The maximum Gasteiger partial charge on any atom is 0.260 e. The number of anilines is 3. The molecule has 6 nitrogen and oxygen atoms in total. The Morgan fingerprint density at radius 3 is 2.69 bits per heavy atom. The molecule has 0 atom stereocenters. The van der Waals surface area contributed by atoms with Crippen LogP contribution in [0.15, 0.2) is 58.5 Å². The Bertz CT molecular complexity index is 1390. The van der Waals surface area contributed by atoms with E-state index in [0.717, 1.165) is 26.7 Å². The van der Waals surface area contributed by atoms with Crippen molar-refractivity contribution in [1.82, 2.24) is 4.98 Å². The minimum Gasteiger partial charge on any atom is -0.340 e. The van der Waals surface area contributed by atoms with Crippen LogP contribution in [0.2, 0.25) is 0 Å². The highest BCUT2D eigenvalue weighted by molar-refractivity contribution is 7.99. The summed E-state index contributed by atoms with van der Waals surface area (Å²) in [4.78, 5) is 20.9. The number of rotatable bonds is 3. The Labute approximate surface area is 190 Å². The third-order valence-electron chi connectivity index (χ3n) is 5.06. The first kappa shape index (κ1) is 21.0. The summed E-state index contributed by atoms with van der Waals surface area (Å²) in [6, 6.07) is 16.7. The fraction of sp³-hybridized carbons (Fsp3) is 0.120. The summed E-state index contributed by atoms with van der Waals surface area (Å²) in [5, 5.41) is 21.9. The fourth-order valence-corrected chi connectivity index (χ4v) is 4.51. The molecule has 4 rings (SSSR count). The zero-order valence-electron chi connectivity index (χ0n) is 17.4. The molecule has 154 valence electrons. The molecule has 0 fully saturated rings. The molecule has 1 amide bonds. The lowest BCUT2D eigenvalue weighted by atomic mass is 10.1. The average molecular weight is 436 g/mol. The van der Waals surface area contributed by atoms with E-state index in [0.29, 0.717) is 22.5 Å². The SMILES string of the molecule is CC#CCN1C(=O)c2ccc(C#N)cc2Sc2cc(Nc3nccc(C#N)c3C)ccc21. The van der Waals surface area contributed by atoms with Crippen molar-refractivity contribution in [2.75, 3.05) is 16.8 Å². The summed E-state index contributed by atoms with van der Waals surface area (Å²) in [7, 11) is 0. The molecule has 0 unspecified atom stereocenters. The quantitative estimate of drug-likeness (QED) is 0.581. The predicted molar refractivity (Wildman–Crippen MR) is 124 cm³/mol. The maximum atomic E-state index is 13.3. The van der Waals surface area contributed by atoms with Gasteiger partial charge in [0.15, 0.2) is 0 Å². The van der Waals surface area contributed by atoms with E-state index in [1.165, 1.54) is 11.8 Å². The first-order chi connectivity index (χ1) is 15.5. The van der Waals surface area contributed by atoms with E-state index in [2.05, 4.69) is 34.3 Å². The number of amides is 1. The third kappa shape index (κ3) is 3.88. The lowest BCUT2D eigenvalue weighted by Gasteiger charge is -2.21. The van der Waals surface area contributed by atoms with Gasteiger partial charge >= 0.3 is 0 Å². The van der Waals surface area contributed by atoms with Crippen molar-refractivity contribution in [1.29, 1.82) is 10.5 Å². The van der Waals surface area contributed by atoms with Crippen LogP contribution in [-0.4, -0.2) is 17.4 Å². The number of benzene rings is 2. The molecule has 3 aromatic rings. The Kier molecular flexibility index (Phi) is 5.81. The predicted octanol–water partition coefficient (Wildman–Crippen LogP) is 5.01. The summed E-state index contributed by atoms with van der Waals surface area (Å²) < 4.78 is 0. The second-order valence-corrected chi connectivity index (χ2v) is 8.08. The van der Waals surface area contributed by atoms with Crippen LogP contribution in [0.3, 0.4) is 0 Å². The number of nitriles is 2. The van der Waals surface area contributed by atoms with Crippen molar-refractivity contribution in [3.63, 3.8) is 0 Å². The van der Waals surface area contributed by atoms with Crippen molar-refractivity contribution in [2.45, 2.75) is 23.6 Å². The van der Waals surface area contributed by atoms with Gasteiger partial charge in [-0.1, -0.05) is 17.7 Å². The van der Waals surface area contributed by atoms with Crippen molar-refractivity contribution in [3.8, 4) is 24.0 Å². The monoisotopic (exact) mass is 435 g/mol. The lowest BCUT2D eigenvalue weighted by Crippen LogP contribution is -2.31. The average Bonchev–Trinajstić information content (AvgIpc) is 2.92. The van der Waals surface area contributed by atoms with Crippen LogP contribution in [0.1, 0.15) is 34.0 Å². The highest BCUT2D eigenvalue weighted by Gasteiger charge is 2.27. The first-order valence-electron chi connectivity index (χ1n) is 9.76. The third-order valence-corrected chi connectivity index (χ3v) is 6.16. The van der Waals surface area contributed by atoms with Crippen molar-refractivity contribution in [2.24, 2.45) is 0 Å². The van der Waals surface area contributed by atoms with Crippen LogP contribution >= 0.6 is 11.8 Å². The zero-order valence-corrected chi connectivity index (χ0v) is 18.2. The fourth-order valence-electron chi connectivity index (χ4n) is 3.36. The summed E-state index contributed by atoms with van der Waals surface area (Å²) in [6.07, 6.45) is 1.59. The van der Waals surface area contributed by atoms with Gasteiger partial charge in [0.2, 0.25) is 0 Å². The molecule has 1 aliphatic heterocycles. The smallest absolute Gasteiger partial charge is 0.260 e. The molecular formula is C25H17N5OS. The molecule has 0 radical (unpaired) electrons. The Balaban J connectivity index is 1.80. The summed E-state index contributed by atoms with van der Waals surface area (Å²) in [5.74, 6) is 6.27. The van der Waals surface area contributed by atoms with Gasteiger partial charge in [-0.2, -0.15) is 10.5 Å². The second-order valence-electron chi connectivity index (χ2n) is 6.99. The van der Waals surface area contributed by atoms with Gasteiger partial charge in [0.25, 0.3) is 5.91 Å². The normalized spacial score (nSPS) is 11.8. The number of hydrogen-bond acceptors (Lipinski definition) is 6. The van der Waals surface area contributed by atoms with Gasteiger partial charge < -0.3 is 5.32 Å². The molecule has 0 bridgehead atoms. The van der Waals surface area contributed by atoms with Gasteiger partial charge in [0, 0.05) is 27.2 Å². The number of carbonyl (C=O) groups excluding carboxylic acids is 1. The standard InChI is InChI=1S/C25H17N5OS/c1-3-4-11-30-21-8-6-19(29-24-16(2)18(15-27)9-10-28-24)13-23(21)32-22-12-17(14-26)5-7-20(22)25(30)31/h5-10,12-13H,11H2,1-2H3,(H,28,29). The molecule has 1 aromatic heterocycles. The van der Waals surface area contributed by atoms with E-state index in [1.54, 1.807) is 42.3 Å². The summed E-state index contributed by atoms with van der Waals surface area (Å²) >= 11 is 1.44. The minimum atomic E-state index is -0.154. The van der Waals surface area contributed by atoms with Gasteiger partial charge in [-0.25, -0.2) is 4.98 Å². The molecule has 0 aliphatic carbocycles. The highest BCUT2D eigenvalue weighted by Crippen LogP contribution is 2.43. The highest BCUT2D eigenvalue weighted by atomic mass is 32.2. The van der Waals surface area contributed by atoms with Crippen LogP contribution in [-0.2, 0) is 0 Å². The molecule has 32 heavy (non-hydrogen) atoms. The Morgan fingerprint density at radius 1 is 1.09 bits per heavy atom. The molecule has 7 heteroatoms. The summed E-state index contributed by atoms with van der Waals surface area (Å²) in [5.41, 5.74) is 3.87. The van der Waals surface area contributed by atoms with E-state index >= 15 is 0 Å². The van der Waals surface area contributed by atoms with Crippen LogP contribution in [0.25, 0.3) is 0 Å². The van der Waals surface area contributed by atoms with Gasteiger partial charge in [-0.05, 0) is 56.3 Å². The van der Waals surface area contributed by atoms with Crippen molar-refractivity contribution in [3.05, 3.63) is 70.9 Å². The summed E-state index contributed by atoms with van der Waals surface area (Å²) in [6.45, 7) is 3.85. The molecule has 2 heterocycles. The van der Waals surface area contributed by atoms with E-state index in [9.17, 15) is 15.3 Å². The van der Waals surface area contributed by atoms with Crippen molar-refractivity contribution < 1.29 is 4.79 Å². The number of carbonyl (C=O) groups is 1. The Morgan fingerprint density at radius 2 is 1.94 bits per heavy atom. The largest absolute Gasteiger partial charge is 0.340 e. The second kappa shape index (κ2) is 8.86. The van der Waals surface area contributed by atoms with Gasteiger partial charge in [-0.3, -0.25) is 9.69 Å². The lowest BCUT2D eigenvalue weighted by molar-refractivity contribution is 0.0987. The number of hydrogen-bond donors (Lipinski definition) is 1. The number of nitrogens with zero attached hydrogens (tertiary/aromatic N) is 4. The van der Waals surface area contributed by atoms with Gasteiger partial charge in [0.05, 0.1) is 41.1 Å². The molecule has 0 spiro atoms. The van der Waals surface area contributed by atoms with E-state index in [1.807, 2.05) is 25.1 Å².